The molecule has 1 saturated carbocycles. The summed E-state index contributed by atoms with van der Waals surface area (Å²) in [4.78, 5) is 0. The predicted molar refractivity (Wildman–Crippen MR) is 65.1 cm³/mol. The van der Waals surface area contributed by atoms with Crippen LogP contribution in [-0.4, -0.2) is 24.3 Å². The van der Waals surface area contributed by atoms with Gasteiger partial charge in [-0.05, 0) is 46.1 Å². The van der Waals surface area contributed by atoms with Gasteiger partial charge in [0.2, 0.25) is 0 Å². The summed E-state index contributed by atoms with van der Waals surface area (Å²) in [7, 11) is 0. The second kappa shape index (κ2) is 6.22. The topological polar surface area (TPSA) is 45.0 Å². The van der Waals surface area contributed by atoms with E-state index in [1.165, 1.54) is 19.3 Å². The van der Waals surface area contributed by atoms with Crippen molar-refractivity contribution in [2.75, 3.05) is 6.54 Å². The Kier molecular flexibility index (Phi) is 5.24. The van der Waals surface area contributed by atoms with Gasteiger partial charge in [0, 0.05) is 6.42 Å². The van der Waals surface area contributed by atoms with E-state index >= 15 is 0 Å². The van der Waals surface area contributed by atoms with Crippen molar-refractivity contribution in [3.05, 3.63) is 0 Å². The van der Waals surface area contributed by atoms with E-state index in [9.17, 15) is 5.26 Å². The molecule has 3 heteroatoms. The summed E-state index contributed by atoms with van der Waals surface area (Å²) in [5, 5.41) is 12.5. The van der Waals surface area contributed by atoms with Gasteiger partial charge < -0.3 is 4.74 Å². The van der Waals surface area contributed by atoms with Gasteiger partial charge in [0.1, 0.15) is 5.54 Å². The summed E-state index contributed by atoms with van der Waals surface area (Å²) in [6.45, 7) is 7.03. The fourth-order valence-corrected chi connectivity index (χ4v) is 2.02. The van der Waals surface area contributed by atoms with Crippen LogP contribution in [0.1, 0.15) is 52.9 Å². The van der Waals surface area contributed by atoms with Crippen molar-refractivity contribution in [3.63, 3.8) is 0 Å². The number of nitrogens with zero attached hydrogens (tertiary/aromatic N) is 1. The Bertz CT molecular complexity index is 245. The maximum Gasteiger partial charge on any atom is 0.106 e. The second-order valence-electron chi connectivity index (χ2n) is 5.07. The Morgan fingerprint density at radius 2 is 2.25 bits per heavy atom. The maximum atomic E-state index is 9.20. The number of nitriles is 1. The molecule has 0 aromatic rings. The van der Waals surface area contributed by atoms with E-state index in [-0.39, 0.29) is 6.10 Å². The van der Waals surface area contributed by atoms with E-state index in [1.54, 1.807) is 0 Å². The van der Waals surface area contributed by atoms with Crippen molar-refractivity contribution < 1.29 is 4.74 Å². The molecule has 0 radical (unpaired) electrons. The van der Waals surface area contributed by atoms with Gasteiger partial charge in [0.25, 0.3) is 0 Å². The molecule has 2 atom stereocenters. The highest BCUT2D eigenvalue weighted by Crippen LogP contribution is 2.25. The largest absolute Gasteiger partial charge is 0.375 e. The van der Waals surface area contributed by atoms with Crippen molar-refractivity contribution in [1.29, 1.82) is 5.26 Å². The third-order valence-electron chi connectivity index (χ3n) is 3.18. The first-order valence-electron chi connectivity index (χ1n) is 6.41. The second-order valence-corrected chi connectivity index (χ2v) is 5.07. The molecule has 0 aromatic heterocycles. The van der Waals surface area contributed by atoms with Gasteiger partial charge in [0.15, 0.2) is 0 Å². The number of hydrogen-bond donors (Lipinski definition) is 1. The first kappa shape index (κ1) is 13.5. The zero-order valence-electron chi connectivity index (χ0n) is 10.8. The Morgan fingerprint density at radius 1 is 1.56 bits per heavy atom. The van der Waals surface area contributed by atoms with Crippen LogP contribution in [0, 0.1) is 11.3 Å². The highest BCUT2D eigenvalue weighted by Gasteiger charge is 2.28. The van der Waals surface area contributed by atoms with Gasteiger partial charge >= 0.3 is 0 Å². The Morgan fingerprint density at radius 3 is 2.69 bits per heavy atom. The van der Waals surface area contributed by atoms with Gasteiger partial charge in [-0.1, -0.05) is 6.92 Å². The lowest BCUT2D eigenvalue weighted by molar-refractivity contribution is -0.0518. The van der Waals surface area contributed by atoms with Crippen LogP contribution in [0.25, 0.3) is 0 Å². The molecule has 0 aromatic carbocycles. The zero-order chi connectivity index (χ0) is 12.0. The number of nitrogens with one attached hydrogen (secondary N) is 1. The fraction of sp³-hybridized carbons (Fsp3) is 0.923. The van der Waals surface area contributed by atoms with Crippen molar-refractivity contribution in [1.82, 2.24) is 5.32 Å². The molecule has 0 bridgehead atoms. The fourth-order valence-electron chi connectivity index (χ4n) is 2.02. The van der Waals surface area contributed by atoms with Gasteiger partial charge in [-0.3, -0.25) is 5.32 Å². The summed E-state index contributed by atoms with van der Waals surface area (Å²) in [5.41, 5.74) is -0.445. The number of hydrogen-bond acceptors (Lipinski definition) is 3. The highest BCUT2D eigenvalue weighted by molar-refractivity contribution is 5.04. The molecule has 0 saturated heterocycles. The Balaban J connectivity index is 2.32. The molecule has 0 heterocycles. The van der Waals surface area contributed by atoms with Crippen LogP contribution in [0.15, 0.2) is 0 Å². The van der Waals surface area contributed by atoms with Crippen LogP contribution >= 0.6 is 0 Å². The molecular weight excluding hydrogens is 200 g/mol. The zero-order valence-corrected chi connectivity index (χ0v) is 10.8. The molecule has 1 N–H and O–H groups in total. The van der Waals surface area contributed by atoms with Crippen LogP contribution in [-0.2, 0) is 4.74 Å². The van der Waals surface area contributed by atoms with Crippen molar-refractivity contribution in [3.8, 4) is 6.07 Å². The first-order chi connectivity index (χ1) is 7.59. The van der Waals surface area contributed by atoms with Crippen LogP contribution in [0.5, 0.6) is 0 Å². The molecule has 0 aliphatic heterocycles. The van der Waals surface area contributed by atoms with Crippen molar-refractivity contribution in [2.45, 2.75) is 70.6 Å². The standard InChI is InChI=1S/C13H24N2O/c1-4-8-15-13(3,10-14)9-11(2)16-12-6-5-7-12/h11-12,15H,4-9H2,1-3H3. The summed E-state index contributed by atoms with van der Waals surface area (Å²) < 4.78 is 5.87. The van der Waals surface area contributed by atoms with E-state index in [0.29, 0.717) is 6.10 Å². The van der Waals surface area contributed by atoms with Crippen molar-refractivity contribution in [2.24, 2.45) is 0 Å². The molecule has 92 valence electrons. The van der Waals surface area contributed by atoms with Crippen LogP contribution < -0.4 is 5.32 Å². The lowest BCUT2D eigenvalue weighted by atomic mass is 9.93. The van der Waals surface area contributed by atoms with E-state index in [2.05, 4.69) is 25.2 Å². The third-order valence-corrected chi connectivity index (χ3v) is 3.18. The minimum absolute atomic E-state index is 0.166. The predicted octanol–water partition coefficient (Wildman–Crippen LogP) is 2.62. The lowest BCUT2D eigenvalue weighted by Gasteiger charge is -2.32. The minimum atomic E-state index is -0.445. The van der Waals surface area contributed by atoms with Crippen LogP contribution in [0.3, 0.4) is 0 Å². The minimum Gasteiger partial charge on any atom is -0.375 e. The molecular formula is C13H24N2O. The normalized spacial score (nSPS) is 21.9. The molecule has 1 rings (SSSR count). The molecule has 2 unspecified atom stereocenters. The quantitative estimate of drug-likeness (QED) is 0.723. The summed E-state index contributed by atoms with van der Waals surface area (Å²) >= 11 is 0. The highest BCUT2D eigenvalue weighted by atomic mass is 16.5. The average Bonchev–Trinajstić information content (AvgIpc) is 2.21. The number of rotatable bonds is 7. The maximum absolute atomic E-state index is 9.20. The van der Waals surface area contributed by atoms with E-state index in [0.717, 1.165) is 19.4 Å². The average molecular weight is 224 g/mol. The van der Waals surface area contributed by atoms with Gasteiger partial charge in [-0.2, -0.15) is 5.26 Å². The summed E-state index contributed by atoms with van der Waals surface area (Å²) in [6.07, 6.45) is 6.10. The van der Waals surface area contributed by atoms with Crippen LogP contribution in [0.2, 0.25) is 0 Å². The molecule has 0 amide bonds. The van der Waals surface area contributed by atoms with Gasteiger partial charge in [-0.15, -0.1) is 0 Å². The smallest absolute Gasteiger partial charge is 0.106 e. The Hall–Kier alpha value is -0.590. The van der Waals surface area contributed by atoms with E-state index in [1.807, 2.05) is 6.92 Å². The van der Waals surface area contributed by atoms with Crippen molar-refractivity contribution >= 4 is 0 Å². The molecule has 1 aliphatic rings. The van der Waals surface area contributed by atoms with E-state index in [4.69, 9.17) is 4.74 Å². The molecule has 3 nitrogen and oxygen atoms in total. The monoisotopic (exact) mass is 224 g/mol. The van der Waals surface area contributed by atoms with Gasteiger partial charge in [0.05, 0.1) is 18.3 Å². The van der Waals surface area contributed by atoms with Gasteiger partial charge in [-0.25, -0.2) is 0 Å². The Labute approximate surface area is 99.2 Å². The van der Waals surface area contributed by atoms with E-state index < -0.39 is 5.54 Å². The first-order valence-corrected chi connectivity index (χ1v) is 6.41. The number of ether oxygens (including phenoxy) is 1. The third kappa shape index (κ3) is 4.11. The lowest BCUT2D eigenvalue weighted by Crippen LogP contribution is -2.44. The summed E-state index contributed by atoms with van der Waals surface area (Å²) in [6, 6.07) is 2.36. The molecule has 1 aliphatic carbocycles. The molecule has 0 spiro atoms. The molecule has 1 fully saturated rings. The van der Waals surface area contributed by atoms with Crippen LogP contribution in [0.4, 0.5) is 0 Å². The molecule has 16 heavy (non-hydrogen) atoms. The summed E-state index contributed by atoms with van der Waals surface area (Å²) in [5.74, 6) is 0. The SMILES string of the molecule is CCCNC(C)(C#N)CC(C)OC1CCC1.